The number of nitrogens with one attached hydrogen (secondary N) is 1. The lowest BCUT2D eigenvalue weighted by Crippen LogP contribution is -2.30. The molecule has 1 aliphatic rings. The highest BCUT2D eigenvalue weighted by Gasteiger charge is 2.35. The lowest BCUT2D eigenvalue weighted by molar-refractivity contribution is -0.139. The van der Waals surface area contributed by atoms with Crippen molar-refractivity contribution < 1.29 is 24.2 Å². The van der Waals surface area contributed by atoms with E-state index in [1.54, 1.807) is 36.4 Å². The summed E-state index contributed by atoms with van der Waals surface area (Å²) in [5.74, 6) is -1.12. The van der Waals surface area contributed by atoms with Gasteiger partial charge in [-0.25, -0.2) is 14.5 Å². The molecule has 0 bridgehead atoms. The topological polar surface area (TPSA) is 95.9 Å². The van der Waals surface area contributed by atoms with Gasteiger partial charge in [-0.05, 0) is 87.2 Å². The van der Waals surface area contributed by atoms with Gasteiger partial charge in [-0.1, -0.05) is 17.7 Å². The van der Waals surface area contributed by atoms with Gasteiger partial charge in [-0.2, -0.15) is 0 Å². The van der Waals surface area contributed by atoms with E-state index in [-0.39, 0.29) is 5.70 Å². The van der Waals surface area contributed by atoms with E-state index in [0.717, 1.165) is 4.90 Å². The molecule has 0 aromatic heterocycles. The summed E-state index contributed by atoms with van der Waals surface area (Å²) in [6.45, 7) is -0.449. The quantitative estimate of drug-likeness (QED) is 0.297. The molecule has 0 atom stereocenters. The molecule has 10 heteroatoms. The summed E-state index contributed by atoms with van der Waals surface area (Å²) < 4.78 is 6.65. The molecule has 28 heavy (non-hydrogen) atoms. The fourth-order valence-corrected chi connectivity index (χ4v) is 4.80. The van der Waals surface area contributed by atoms with Crippen molar-refractivity contribution in [2.45, 2.75) is 0 Å². The average Bonchev–Trinajstić information content (AvgIpc) is 2.87. The van der Waals surface area contributed by atoms with Crippen LogP contribution < -0.4 is 15.0 Å². The highest BCUT2D eigenvalue weighted by Crippen LogP contribution is 2.31. The van der Waals surface area contributed by atoms with Crippen molar-refractivity contribution in [2.24, 2.45) is 0 Å². The minimum Gasteiger partial charge on any atom is -0.480 e. The Hall–Kier alpha value is -1.86. The number of amides is 3. The normalized spacial score (nSPS) is 15.1. The molecule has 2 aromatic rings. The van der Waals surface area contributed by atoms with Crippen LogP contribution in [-0.2, 0) is 9.59 Å². The third-order valence-electron chi connectivity index (χ3n) is 3.62. The van der Waals surface area contributed by atoms with Gasteiger partial charge < -0.3 is 15.2 Å². The van der Waals surface area contributed by atoms with Crippen molar-refractivity contribution >= 4 is 86.5 Å². The fraction of sp³-hybridized carbons (Fsp3) is 0.0556. The number of carbonyl (C=O) groups is 3. The number of carboxylic acids is 1. The van der Waals surface area contributed by atoms with Crippen LogP contribution in [0.5, 0.6) is 5.75 Å². The summed E-state index contributed by atoms with van der Waals surface area (Å²) in [6, 6.07) is 9.35. The molecule has 0 radical (unpaired) electrons. The van der Waals surface area contributed by atoms with E-state index in [2.05, 4.69) is 5.32 Å². The number of imide groups is 1. The second-order valence-electron chi connectivity index (χ2n) is 5.60. The molecule has 3 rings (SSSR count). The Morgan fingerprint density at radius 3 is 2.50 bits per heavy atom. The van der Waals surface area contributed by atoms with Crippen LogP contribution in [0.2, 0.25) is 5.02 Å². The number of hydrogen-bond donors (Lipinski definition) is 2. The number of nitrogens with zero attached hydrogens (tertiary/aromatic N) is 1. The zero-order chi connectivity index (χ0) is 20.4. The number of benzene rings is 2. The smallest absolute Gasteiger partial charge is 0.341 e. The number of urea groups is 1. The second-order valence-corrected chi connectivity index (χ2v) is 8.37. The van der Waals surface area contributed by atoms with Gasteiger partial charge in [0.15, 0.2) is 6.61 Å². The Bertz CT molecular complexity index is 1000. The van der Waals surface area contributed by atoms with Crippen LogP contribution in [0.25, 0.3) is 6.08 Å². The third-order valence-corrected chi connectivity index (χ3v) is 5.45. The number of anilines is 1. The monoisotopic (exact) mass is 624 g/mol. The molecule has 1 fully saturated rings. The summed E-state index contributed by atoms with van der Waals surface area (Å²) in [6.07, 6.45) is 1.55. The first-order valence-corrected chi connectivity index (χ1v) is 10.3. The summed E-state index contributed by atoms with van der Waals surface area (Å²) in [4.78, 5) is 36.7. The van der Waals surface area contributed by atoms with Crippen LogP contribution in [0.3, 0.4) is 0 Å². The number of halogens is 3. The summed E-state index contributed by atoms with van der Waals surface area (Å²) in [5.41, 5.74) is 1.16. The molecule has 144 valence electrons. The zero-order valence-electron chi connectivity index (χ0n) is 13.9. The summed E-state index contributed by atoms with van der Waals surface area (Å²) in [5, 5.41) is 11.7. The van der Waals surface area contributed by atoms with Gasteiger partial charge in [-0.15, -0.1) is 0 Å². The van der Waals surface area contributed by atoms with Gasteiger partial charge in [-0.3, -0.25) is 4.79 Å². The van der Waals surface area contributed by atoms with E-state index in [4.69, 9.17) is 21.4 Å². The molecule has 1 saturated heterocycles. The van der Waals surface area contributed by atoms with Crippen molar-refractivity contribution in [1.82, 2.24) is 5.32 Å². The Morgan fingerprint density at radius 1 is 1.21 bits per heavy atom. The van der Waals surface area contributed by atoms with Crippen molar-refractivity contribution in [3.05, 3.63) is 59.8 Å². The van der Waals surface area contributed by atoms with Gasteiger partial charge in [0.25, 0.3) is 5.91 Å². The second kappa shape index (κ2) is 8.66. The largest absolute Gasteiger partial charge is 0.480 e. The molecule has 0 aliphatic carbocycles. The molecule has 1 heterocycles. The van der Waals surface area contributed by atoms with Crippen molar-refractivity contribution in [1.29, 1.82) is 0 Å². The zero-order valence-corrected chi connectivity index (χ0v) is 19.0. The summed E-state index contributed by atoms with van der Waals surface area (Å²) >= 11 is 9.99. The summed E-state index contributed by atoms with van der Waals surface area (Å²) in [7, 11) is 0. The molecule has 0 saturated carbocycles. The van der Waals surface area contributed by atoms with E-state index in [0.29, 0.717) is 29.2 Å². The minimum absolute atomic E-state index is 0.121. The van der Waals surface area contributed by atoms with E-state index in [1.165, 1.54) is 6.07 Å². The van der Waals surface area contributed by atoms with Crippen LogP contribution in [0.4, 0.5) is 10.5 Å². The number of hydrogen-bond acceptors (Lipinski definition) is 4. The number of rotatable bonds is 5. The molecule has 0 spiro atoms. The molecule has 3 amide bonds. The first-order chi connectivity index (χ1) is 13.3. The molecule has 2 aromatic carbocycles. The predicted octanol–water partition coefficient (Wildman–Crippen LogP) is 4.11. The van der Waals surface area contributed by atoms with Crippen molar-refractivity contribution in [2.75, 3.05) is 11.5 Å². The maximum absolute atomic E-state index is 12.7. The minimum atomic E-state index is -1.07. The lowest BCUT2D eigenvalue weighted by Gasteiger charge is -2.11. The fourth-order valence-electron chi connectivity index (χ4n) is 2.49. The van der Waals surface area contributed by atoms with Gasteiger partial charge in [0, 0.05) is 5.02 Å². The average molecular weight is 625 g/mol. The number of ether oxygens (including phenoxy) is 1. The first kappa shape index (κ1) is 20.9. The van der Waals surface area contributed by atoms with Crippen LogP contribution in [0, 0.1) is 7.14 Å². The number of aliphatic carboxylic acids is 1. The Morgan fingerprint density at radius 2 is 1.89 bits per heavy atom. The number of carboxylic acid groups (broad SMARTS) is 1. The van der Waals surface area contributed by atoms with E-state index < -0.39 is 24.5 Å². The van der Waals surface area contributed by atoms with Crippen LogP contribution in [0.1, 0.15) is 5.56 Å². The molecular formula is C18H11ClI2N2O5. The van der Waals surface area contributed by atoms with Gasteiger partial charge in [0.1, 0.15) is 11.4 Å². The van der Waals surface area contributed by atoms with Crippen LogP contribution in [0.15, 0.2) is 42.1 Å². The van der Waals surface area contributed by atoms with Crippen LogP contribution in [-0.4, -0.2) is 29.6 Å². The van der Waals surface area contributed by atoms with Gasteiger partial charge >= 0.3 is 12.0 Å². The Labute approximate surface area is 192 Å². The van der Waals surface area contributed by atoms with Gasteiger partial charge in [0.05, 0.1) is 12.8 Å². The molecule has 1 aliphatic heterocycles. The van der Waals surface area contributed by atoms with Crippen molar-refractivity contribution in [3.8, 4) is 5.75 Å². The van der Waals surface area contributed by atoms with Crippen molar-refractivity contribution in [3.63, 3.8) is 0 Å². The van der Waals surface area contributed by atoms with E-state index in [9.17, 15) is 14.4 Å². The standard InChI is InChI=1S/C18H11ClI2N2O5/c19-10-2-1-3-11(7-10)23-17(26)14(22-18(23)27)6-9-4-12(20)16(13(21)5-9)28-8-15(24)25/h1-7H,8H2,(H,22,27)(H,24,25)/b14-6+. The molecule has 2 N–H and O–H groups in total. The van der Waals surface area contributed by atoms with E-state index in [1.807, 2.05) is 45.2 Å². The molecular weight excluding hydrogens is 613 g/mol. The lowest BCUT2D eigenvalue weighted by atomic mass is 10.2. The highest BCUT2D eigenvalue weighted by molar-refractivity contribution is 14.1. The maximum atomic E-state index is 12.7. The third kappa shape index (κ3) is 4.58. The molecule has 7 nitrogen and oxygen atoms in total. The highest BCUT2D eigenvalue weighted by atomic mass is 127. The van der Waals surface area contributed by atoms with Crippen LogP contribution >= 0.6 is 56.8 Å². The van der Waals surface area contributed by atoms with E-state index >= 15 is 0 Å². The molecule has 0 unspecified atom stereocenters. The Balaban J connectivity index is 1.89. The Kier molecular flexibility index (Phi) is 6.45. The predicted molar refractivity (Wildman–Crippen MR) is 120 cm³/mol. The SMILES string of the molecule is O=C(O)COc1c(I)cc(/C=C2/NC(=O)N(c3cccc(Cl)c3)C2=O)cc1I. The maximum Gasteiger partial charge on any atom is 0.341 e. The first-order valence-electron chi connectivity index (χ1n) is 7.72. The number of carbonyl (C=O) groups excluding carboxylic acids is 2. The van der Waals surface area contributed by atoms with Gasteiger partial charge in [0.2, 0.25) is 0 Å².